The number of carbonyl (C=O) groups excluding carboxylic acids is 2. The highest BCUT2D eigenvalue weighted by Gasteiger charge is 2.22. The van der Waals surface area contributed by atoms with Crippen molar-refractivity contribution in [3.63, 3.8) is 0 Å². The SMILES string of the molecule is Cc1sc2nc(S[C@H](C)C(=O)NC(N)=O)n(CC(C)C)c(=O)c2c1C. The van der Waals surface area contributed by atoms with E-state index in [2.05, 4.69) is 10.3 Å². The van der Waals surface area contributed by atoms with Crippen molar-refractivity contribution in [2.24, 2.45) is 11.7 Å². The number of nitrogens with two attached hydrogens (primary N) is 1. The minimum absolute atomic E-state index is 0.0921. The first-order valence-corrected chi connectivity index (χ1v) is 9.58. The van der Waals surface area contributed by atoms with Crippen LogP contribution < -0.4 is 16.6 Å². The highest BCUT2D eigenvalue weighted by atomic mass is 32.2. The van der Waals surface area contributed by atoms with Gasteiger partial charge in [0.1, 0.15) is 4.83 Å². The molecule has 3 N–H and O–H groups in total. The number of urea groups is 1. The standard InChI is InChI=1S/C16H22N4O3S2/c1-7(2)6-20-14(22)11-8(3)9(4)24-13(11)19-16(20)25-10(5)12(21)18-15(17)23/h7,10H,6H2,1-5H3,(H3,17,18,21,23)/t10-/m1/s1. The number of thiophene rings is 1. The molecule has 0 spiro atoms. The maximum Gasteiger partial charge on any atom is 0.318 e. The van der Waals surface area contributed by atoms with Crippen molar-refractivity contribution in [2.45, 2.75) is 51.6 Å². The molecule has 7 nitrogen and oxygen atoms in total. The van der Waals surface area contributed by atoms with Crippen LogP contribution in [0.1, 0.15) is 31.2 Å². The van der Waals surface area contributed by atoms with Gasteiger partial charge in [0.25, 0.3) is 5.56 Å². The first-order valence-electron chi connectivity index (χ1n) is 7.89. The lowest BCUT2D eigenvalue weighted by atomic mass is 10.2. The zero-order valence-corrected chi connectivity index (χ0v) is 16.5. The van der Waals surface area contributed by atoms with Crippen molar-refractivity contribution < 1.29 is 9.59 Å². The fourth-order valence-corrected chi connectivity index (χ4v) is 4.35. The summed E-state index contributed by atoms with van der Waals surface area (Å²) in [5.74, 6) is -0.271. The Balaban J connectivity index is 2.52. The molecule has 2 heterocycles. The molecule has 0 aliphatic heterocycles. The van der Waals surface area contributed by atoms with Crippen LogP contribution in [0.2, 0.25) is 0 Å². The summed E-state index contributed by atoms with van der Waals surface area (Å²) in [4.78, 5) is 42.1. The molecule has 0 aromatic carbocycles. The van der Waals surface area contributed by atoms with E-state index in [0.717, 1.165) is 22.2 Å². The normalized spacial score (nSPS) is 12.6. The van der Waals surface area contributed by atoms with Gasteiger partial charge < -0.3 is 5.73 Å². The Bertz CT molecular complexity index is 886. The maximum atomic E-state index is 13.0. The number of hydrogen-bond donors (Lipinski definition) is 2. The fraction of sp³-hybridized carbons (Fsp3) is 0.500. The molecule has 0 aliphatic rings. The molecule has 136 valence electrons. The van der Waals surface area contributed by atoms with Crippen molar-refractivity contribution in [1.29, 1.82) is 0 Å². The van der Waals surface area contributed by atoms with Gasteiger partial charge in [-0.1, -0.05) is 25.6 Å². The van der Waals surface area contributed by atoms with Gasteiger partial charge in [-0.15, -0.1) is 11.3 Å². The molecule has 0 unspecified atom stereocenters. The largest absolute Gasteiger partial charge is 0.351 e. The van der Waals surface area contributed by atoms with Crippen molar-refractivity contribution >= 4 is 45.3 Å². The quantitative estimate of drug-likeness (QED) is 0.610. The molecule has 0 aliphatic carbocycles. The third kappa shape index (κ3) is 4.21. The fourth-order valence-electron chi connectivity index (χ4n) is 2.36. The first-order chi connectivity index (χ1) is 11.6. The van der Waals surface area contributed by atoms with E-state index < -0.39 is 17.2 Å². The molecule has 2 rings (SSSR count). The van der Waals surface area contributed by atoms with Crippen LogP contribution in [0.15, 0.2) is 9.95 Å². The number of carbonyl (C=O) groups is 2. The number of aryl methyl sites for hydroxylation is 2. The molecule has 0 radical (unpaired) electrons. The number of hydrogen-bond acceptors (Lipinski definition) is 6. The number of primary amides is 1. The predicted molar refractivity (Wildman–Crippen MR) is 101 cm³/mol. The van der Waals surface area contributed by atoms with Gasteiger partial charge in [0.15, 0.2) is 5.16 Å². The predicted octanol–water partition coefficient (Wildman–Crippen LogP) is 2.41. The lowest BCUT2D eigenvalue weighted by Gasteiger charge is -2.16. The van der Waals surface area contributed by atoms with Crippen molar-refractivity contribution in [3.05, 3.63) is 20.8 Å². The van der Waals surface area contributed by atoms with Gasteiger partial charge in [-0.2, -0.15) is 0 Å². The van der Waals surface area contributed by atoms with E-state index in [-0.39, 0.29) is 11.5 Å². The Hall–Kier alpha value is -1.87. The molecule has 3 amide bonds. The topological polar surface area (TPSA) is 107 Å². The van der Waals surface area contributed by atoms with Gasteiger partial charge in [-0.05, 0) is 32.3 Å². The second kappa shape index (κ2) is 7.57. The number of fused-ring (bicyclic) bond motifs is 1. The van der Waals surface area contributed by atoms with E-state index in [4.69, 9.17) is 5.73 Å². The van der Waals surface area contributed by atoms with Crippen LogP contribution in [-0.4, -0.2) is 26.7 Å². The van der Waals surface area contributed by atoms with Gasteiger partial charge in [0, 0.05) is 11.4 Å². The van der Waals surface area contributed by atoms with E-state index in [1.54, 1.807) is 11.5 Å². The second-order valence-electron chi connectivity index (χ2n) is 6.28. The minimum atomic E-state index is -0.898. The number of aromatic nitrogens is 2. The smallest absolute Gasteiger partial charge is 0.318 e. The number of imide groups is 1. The molecular weight excluding hydrogens is 360 g/mol. The Kier molecular flexibility index (Phi) is 5.89. The zero-order chi connectivity index (χ0) is 18.9. The van der Waals surface area contributed by atoms with Crippen LogP contribution in [0.3, 0.4) is 0 Å². The third-order valence-corrected chi connectivity index (χ3v) is 5.89. The van der Waals surface area contributed by atoms with E-state index in [9.17, 15) is 14.4 Å². The molecule has 0 saturated heterocycles. The molecule has 0 bridgehead atoms. The van der Waals surface area contributed by atoms with Crippen LogP contribution in [0.25, 0.3) is 10.2 Å². The van der Waals surface area contributed by atoms with E-state index in [0.29, 0.717) is 21.9 Å². The number of thioether (sulfide) groups is 1. The molecule has 2 aromatic heterocycles. The first kappa shape index (κ1) is 19.5. The highest BCUT2D eigenvalue weighted by Crippen LogP contribution is 2.30. The Morgan fingerprint density at radius 1 is 1.32 bits per heavy atom. The number of amides is 3. The van der Waals surface area contributed by atoms with Crippen LogP contribution in [-0.2, 0) is 11.3 Å². The van der Waals surface area contributed by atoms with E-state index in [1.165, 1.54) is 11.3 Å². The van der Waals surface area contributed by atoms with Crippen molar-refractivity contribution in [3.8, 4) is 0 Å². The van der Waals surface area contributed by atoms with Crippen molar-refractivity contribution in [2.75, 3.05) is 0 Å². The summed E-state index contributed by atoms with van der Waals surface area (Å²) in [5, 5.41) is 2.55. The molecule has 25 heavy (non-hydrogen) atoms. The number of nitrogens with one attached hydrogen (secondary N) is 1. The molecule has 0 saturated carbocycles. The van der Waals surface area contributed by atoms with E-state index in [1.807, 2.05) is 27.7 Å². The second-order valence-corrected chi connectivity index (χ2v) is 8.79. The number of rotatable bonds is 5. The van der Waals surface area contributed by atoms with Crippen LogP contribution >= 0.6 is 23.1 Å². The van der Waals surface area contributed by atoms with Gasteiger partial charge in [0.2, 0.25) is 5.91 Å². The Morgan fingerprint density at radius 3 is 2.52 bits per heavy atom. The van der Waals surface area contributed by atoms with Crippen LogP contribution in [0, 0.1) is 19.8 Å². The summed E-state index contributed by atoms with van der Waals surface area (Å²) < 4.78 is 1.62. The van der Waals surface area contributed by atoms with Crippen molar-refractivity contribution in [1.82, 2.24) is 14.9 Å². The molecule has 1 atom stereocenters. The molecular formula is C16H22N4O3S2. The number of nitrogens with zero attached hydrogens (tertiary/aromatic N) is 2. The van der Waals surface area contributed by atoms with Gasteiger partial charge >= 0.3 is 6.03 Å². The minimum Gasteiger partial charge on any atom is -0.351 e. The van der Waals surface area contributed by atoms with Gasteiger partial charge in [-0.25, -0.2) is 9.78 Å². The van der Waals surface area contributed by atoms with E-state index >= 15 is 0 Å². The summed E-state index contributed by atoms with van der Waals surface area (Å²) in [7, 11) is 0. The summed E-state index contributed by atoms with van der Waals surface area (Å²) in [6.07, 6.45) is 0. The summed E-state index contributed by atoms with van der Waals surface area (Å²) >= 11 is 2.61. The zero-order valence-electron chi connectivity index (χ0n) is 14.9. The summed E-state index contributed by atoms with van der Waals surface area (Å²) in [6.45, 7) is 10.1. The highest BCUT2D eigenvalue weighted by molar-refractivity contribution is 8.00. The average Bonchev–Trinajstić information content (AvgIpc) is 2.77. The Labute approximate surface area is 154 Å². The molecule has 2 aromatic rings. The van der Waals surface area contributed by atoms with Crippen LogP contribution in [0.5, 0.6) is 0 Å². The average molecular weight is 383 g/mol. The summed E-state index contributed by atoms with van der Waals surface area (Å²) in [5.41, 5.74) is 5.85. The molecule has 0 fully saturated rings. The van der Waals surface area contributed by atoms with Gasteiger partial charge in [0.05, 0.1) is 10.6 Å². The third-order valence-electron chi connectivity index (χ3n) is 3.70. The van der Waals surface area contributed by atoms with Crippen LogP contribution in [0.4, 0.5) is 4.79 Å². The molecule has 9 heteroatoms. The Morgan fingerprint density at radius 2 is 1.96 bits per heavy atom. The maximum absolute atomic E-state index is 13.0. The lowest BCUT2D eigenvalue weighted by molar-refractivity contribution is -0.119. The van der Waals surface area contributed by atoms with Gasteiger partial charge in [-0.3, -0.25) is 19.5 Å². The monoisotopic (exact) mass is 382 g/mol. The lowest BCUT2D eigenvalue weighted by Crippen LogP contribution is -2.39. The summed E-state index contributed by atoms with van der Waals surface area (Å²) in [6, 6.07) is -0.898.